The van der Waals surface area contributed by atoms with Crippen LogP contribution in [0.4, 0.5) is 4.39 Å². The van der Waals surface area contributed by atoms with E-state index < -0.39 is 5.54 Å². The van der Waals surface area contributed by atoms with E-state index in [1.807, 2.05) is 0 Å². The summed E-state index contributed by atoms with van der Waals surface area (Å²) in [7, 11) is 0. The average molecular weight is 188 g/mol. The number of nitrogens with two attached hydrogens (primary N) is 1. The van der Waals surface area contributed by atoms with E-state index in [9.17, 15) is 4.39 Å². The Bertz CT molecular complexity index is 271. The zero-order chi connectivity index (χ0) is 9.35. The lowest BCUT2D eigenvalue weighted by molar-refractivity contribution is 0.502. The van der Waals surface area contributed by atoms with Gasteiger partial charge in [-0.15, -0.1) is 0 Å². The Morgan fingerprint density at radius 3 is 2.33 bits per heavy atom. The number of hydrogen-bond acceptors (Lipinski definition) is 1. The van der Waals surface area contributed by atoms with Crippen LogP contribution >= 0.6 is 11.6 Å². The molecule has 0 bridgehead atoms. The van der Waals surface area contributed by atoms with Crippen molar-refractivity contribution in [1.82, 2.24) is 0 Å². The maximum absolute atomic E-state index is 13.2. The van der Waals surface area contributed by atoms with Crippen LogP contribution in [-0.2, 0) is 5.54 Å². The maximum Gasteiger partial charge on any atom is 0.129 e. The van der Waals surface area contributed by atoms with Gasteiger partial charge < -0.3 is 5.73 Å². The van der Waals surface area contributed by atoms with Gasteiger partial charge in [0.25, 0.3) is 0 Å². The Hall–Kier alpha value is -0.600. The van der Waals surface area contributed by atoms with Gasteiger partial charge in [0.15, 0.2) is 0 Å². The van der Waals surface area contributed by atoms with Crippen molar-refractivity contribution in [2.75, 3.05) is 0 Å². The summed E-state index contributed by atoms with van der Waals surface area (Å²) in [4.78, 5) is 0. The van der Waals surface area contributed by atoms with Crippen molar-refractivity contribution in [2.45, 2.75) is 19.4 Å². The van der Waals surface area contributed by atoms with Crippen LogP contribution in [0.2, 0.25) is 5.02 Å². The van der Waals surface area contributed by atoms with Crippen molar-refractivity contribution < 1.29 is 4.39 Å². The molecule has 3 heteroatoms. The van der Waals surface area contributed by atoms with Gasteiger partial charge in [-0.2, -0.15) is 0 Å². The van der Waals surface area contributed by atoms with E-state index in [1.54, 1.807) is 26.0 Å². The SMILES string of the molecule is CC(C)(N)c1c(F)cccc1Cl. The highest BCUT2D eigenvalue weighted by atomic mass is 35.5. The first-order chi connectivity index (χ1) is 5.43. The first-order valence-electron chi connectivity index (χ1n) is 3.66. The highest BCUT2D eigenvalue weighted by Gasteiger charge is 2.21. The smallest absolute Gasteiger partial charge is 0.129 e. The number of rotatable bonds is 1. The molecule has 0 atom stereocenters. The fourth-order valence-corrected chi connectivity index (χ4v) is 1.52. The molecule has 0 aromatic heterocycles. The van der Waals surface area contributed by atoms with E-state index in [4.69, 9.17) is 17.3 Å². The fourth-order valence-electron chi connectivity index (χ4n) is 1.11. The molecule has 0 aliphatic carbocycles. The molecule has 0 radical (unpaired) electrons. The molecule has 1 rings (SSSR count). The Morgan fingerprint density at radius 2 is 2.00 bits per heavy atom. The van der Waals surface area contributed by atoms with Crippen molar-refractivity contribution in [3.8, 4) is 0 Å². The van der Waals surface area contributed by atoms with Gasteiger partial charge in [0, 0.05) is 16.1 Å². The molecule has 1 aromatic rings. The molecule has 0 fully saturated rings. The van der Waals surface area contributed by atoms with Gasteiger partial charge in [-0.05, 0) is 26.0 Å². The molecule has 0 heterocycles. The van der Waals surface area contributed by atoms with Crippen LogP contribution < -0.4 is 5.73 Å². The Balaban J connectivity index is 3.31. The molecule has 2 N–H and O–H groups in total. The van der Waals surface area contributed by atoms with Crippen molar-refractivity contribution >= 4 is 11.6 Å². The summed E-state index contributed by atoms with van der Waals surface area (Å²) in [6.07, 6.45) is 0. The third-order valence-corrected chi connectivity index (χ3v) is 1.92. The minimum atomic E-state index is -0.734. The summed E-state index contributed by atoms with van der Waals surface area (Å²) in [5.74, 6) is -0.352. The summed E-state index contributed by atoms with van der Waals surface area (Å²) in [5, 5.41) is 0.377. The molecule has 0 aliphatic rings. The van der Waals surface area contributed by atoms with Gasteiger partial charge in [-0.25, -0.2) is 4.39 Å². The summed E-state index contributed by atoms with van der Waals surface area (Å²) in [6, 6.07) is 4.55. The quantitative estimate of drug-likeness (QED) is 0.719. The monoisotopic (exact) mass is 187 g/mol. The zero-order valence-corrected chi connectivity index (χ0v) is 7.82. The third kappa shape index (κ3) is 1.76. The molecule has 1 aromatic carbocycles. The molecule has 12 heavy (non-hydrogen) atoms. The standard InChI is InChI=1S/C9H11ClFN/c1-9(2,12)8-6(10)4-3-5-7(8)11/h3-5H,12H2,1-2H3. The molecule has 0 aliphatic heterocycles. The molecular formula is C9H11ClFN. The van der Waals surface area contributed by atoms with Gasteiger partial charge in [-0.1, -0.05) is 17.7 Å². The van der Waals surface area contributed by atoms with Crippen LogP contribution in [0.25, 0.3) is 0 Å². The Morgan fingerprint density at radius 1 is 1.42 bits per heavy atom. The van der Waals surface area contributed by atoms with Crippen LogP contribution in [0.3, 0.4) is 0 Å². The molecule has 0 saturated heterocycles. The van der Waals surface area contributed by atoms with Crippen molar-refractivity contribution in [3.63, 3.8) is 0 Å². The van der Waals surface area contributed by atoms with E-state index in [0.717, 1.165) is 0 Å². The molecule has 0 amide bonds. The lowest BCUT2D eigenvalue weighted by Crippen LogP contribution is -2.30. The van der Waals surface area contributed by atoms with Crippen LogP contribution in [0.5, 0.6) is 0 Å². The zero-order valence-electron chi connectivity index (χ0n) is 7.07. The summed E-state index contributed by atoms with van der Waals surface area (Å²) in [6.45, 7) is 3.44. The average Bonchev–Trinajstić information content (AvgIpc) is 1.82. The predicted octanol–water partition coefficient (Wildman–Crippen LogP) is 2.67. The van der Waals surface area contributed by atoms with E-state index in [1.165, 1.54) is 6.07 Å². The molecular weight excluding hydrogens is 177 g/mol. The molecule has 0 spiro atoms. The van der Waals surface area contributed by atoms with Crippen LogP contribution in [0, 0.1) is 5.82 Å². The second-order valence-electron chi connectivity index (χ2n) is 3.32. The molecule has 66 valence electrons. The lowest BCUT2D eigenvalue weighted by Gasteiger charge is -2.20. The first kappa shape index (κ1) is 9.49. The van der Waals surface area contributed by atoms with Crippen molar-refractivity contribution in [2.24, 2.45) is 5.73 Å². The summed E-state index contributed by atoms with van der Waals surface area (Å²) < 4.78 is 13.2. The van der Waals surface area contributed by atoms with Crippen molar-refractivity contribution in [1.29, 1.82) is 0 Å². The van der Waals surface area contributed by atoms with Gasteiger partial charge in [0.1, 0.15) is 5.82 Å². The van der Waals surface area contributed by atoms with Gasteiger partial charge in [0.2, 0.25) is 0 Å². The van der Waals surface area contributed by atoms with Gasteiger partial charge in [-0.3, -0.25) is 0 Å². The minimum absolute atomic E-state index is 0.352. The molecule has 0 unspecified atom stereocenters. The maximum atomic E-state index is 13.2. The topological polar surface area (TPSA) is 26.0 Å². The first-order valence-corrected chi connectivity index (χ1v) is 4.04. The van der Waals surface area contributed by atoms with Gasteiger partial charge in [0.05, 0.1) is 0 Å². The van der Waals surface area contributed by atoms with Gasteiger partial charge >= 0.3 is 0 Å². The second-order valence-corrected chi connectivity index (χ2v) is 3.73. The number of halogens is 2. The number of benzene rings is 1. The van der Waals surface area contributed by atoms with Crippen LogP contribution in [-0.4, -0.2) is 0 Å². The number of hydrogen-bond donors (Lipinski definition) is 1. The molecule has 0 saturated carbocycles. The highest BCUT2D eigenvalue weighted by molar-refractivity contribution is 6.31. The third-order valence-electron chi connectivity index (χ3n) is 1.61. The van der Waals surface area contributed by atoms with E-state index >= 15 is 0 Å². The van der Waals surface area contributed by atoms with E-state index in [0.29, 0.717) is 10.6 Å². The van der Waals surface area contributed by atoms with E-state index in [-0.39, 0.29) is 5.82 Å². The Kier molecular flexibility index (Phi) is 2.40. The normalized spacial score (nSPS) is 11.8. The van der Waals surface area contributed by atoms with Crippen LogP contribution in [0.1, 0.15) is 19.4 Å². The predicted molar refractivity (Wildman–Crippen MR) is 48.6 cm³/mol. The summed E-state index contributed by atoms with van der Waals surface area (Å²) >= 11 is 5.79. The molecule has 1 nitrogen and oxygen atoms in total. The largest absolute Gasteiger partial charge is 0.322 e. The van der Waals surface area contributed by atoms with Crippen LogP contribution in [0.15, 0.2) is 18.2 Å². The fraction of sp³-hybridized carbons (Fsp3) is 0.333. The lowest BCUT2D eigenvalue weighted by atomic mass is 9.95. The Labute approximate surface area is 76.3 Å². The van der Waals surface area contributed by atoms with Crippen molar-refractivity contribution in [3.05, 3.63) is 34.6 Å². The van der Waals surface area contributed by atoms with E-state index in [2.05, 4.69) is 0 Å². The highest BCUT2D eigenvalue weighted by Crippen LogP contribution is 2.27. The summed E-state index contributed by atoms with van der Waals surface area (Å²) in [5.41, 5.74) is 5.37. The second kappa shape index (κ2) is 3.04. The minimum Gasteiger partial charge on any atom is -0.322 e.